The van der Waals surface area contributed by atoms with E-state index in [2.05, 4.69) is 39.9 Å². The maximum absolute atomic E-state index is 4.70. The summed E-state index contributed by atoms with van der Waals surface area (Å²) in [6.45, 7) is 12.8. The van der Waals surface area contributed by atoms with Crippen molar-refractivity contribution < 1.29 is 0 Å². The van der Waals surface area contributed by atoms with Gasteiger partial charge in [0.15, 0.2) is 5.17 Å². The van der Waals surface area contributed by atoms with Crippen molar-refractivity contribution in [1.29, 1.82) is 0 Å². The van der Waals surface area contributed by atoms with Gasteiger partial charge in [0, 0.05) is 11.3 Å². The minimum atomic E-state index is 0.414. The summed E-state index contributed by atoms with van der Waals surface area (Å²) in [5, 5.41) is 5.57. The lowest BCUT2D eigenvalue weighted by molar-refractivity contribution is 0.217. The van der Waals surface area contributed by atoms with Crippen LogP contribution in [0.25, 0.3) is 0 Å². The Morgan fingerprint density at radius 2 is 1.89 bits per heavy atom. The second kappa shape index (κ2) is 5.67. The molecule has 0 saturated heterocycles. The molecule has 1 fully saturated rings. The molecule has 0 aromatic carbocycles. The molecule has 1 aliphatic carbocycles. The summed E-state index contributed by atoms with van der Waals surface area (Å²) in [5.41, 5.74) is 0.967. The smallest absolute Gasteiger partial charge is 0.157 e. The minimum absolute atomic E-state index is 0.414. The summed E-state index contributed by atoms with van der Waals surface area (Å²) in [6, 6.07) is 0.660. The van der Waals surface area contributed by atoms with Crippen LogP contribution >= 0.6 is 11.8 Å². The number of rotatable bonds is 2. The van der Waals surface area contributed by atoms with Gasteiger partial charge < -0.3 is 5.32 Å². The number of nitrogens with one attached hydrogen (secondary N) is 1. The van der Waals surface area contributed by atoms with E-state index in [0.29, 0.717) is 22.1 Å². The summed E-state index contributed by atoms with van der Waals surface area (Å²) in [5.74, 6) is 0. The van der Waals surface area contributed by atoms with Gasteiger partial charge in [-0.25, -0.2) is 0 Å². The fourth-order valence-corrected chi connectivity index (χ4v) is 4.44. The van der Waals surface area contributed by atoms with Gasteiger partial charge in [0.1, 0.15) is 0 Å². The first-order valence-corrected chi connectivity index (χ1v) is 8.59. The van der Waals surface area contributed by atoms with E-state index < -0.39 is 0 Å². The average Bonchev–Trinajstić information content (AvgIpc) is 2.66. The van der Waals surface area contributed by atoms with E-state index in [0.717, 1.165) is 6.54 Å². The second-order valence-electron chi connectivity index (χ2n) is 8.23. The molecular weight excluding hydrogens is 252 g/mol. The molecule has 1 N–H and O–H groups in total. The molecule has 2 nitrogen and oxygen atoms in total. The maximum Gasteiger partial charge on any atom is 0.157 e. The first-order chi connectivity index (χ1) is 8.73. The van der Waals surface area contributed by atoms with Crippen LogP contribution in [0.15, 0.2) is 4.99 Å². The highest BCUT2D eigenvalue weighted by Crippen LogP contribution is 2.36. The van der Waals surface area contributed by atoms with Crippen molar-refractivity contribution >= 4 is 16.9 Å². The average molecular weight is 282 g/mol. The summed E-state index contributed by atoms with van der Waals surface area (Å²) in [4.78, 5) is 4.70. The zero-order valence-corrected chi connectivity index (χ0v) is 14.1. The molecular formula is C16H30N2S. The van der Waals surface area contributed by atoms with Crippen molar-refractivity contribution in [1.82, 2.24) is 5.32 Å². The molecule has 1 heterocycles. The van der Waals surface area contributed by atoms with E-state index >= 15 is 0 Å². The lowest BCUT2D eigenvalue weighted by atomic mass is 9.76. The van der Waals surface area contributed by atoms with Gasteiger partial charge in [0.05, 0.1) is 6.54 Å². The van der Waals surface area contributed by atoms with Gasteiger partial charge >= 0.3 is 0 Å². The first kappa shape index (κ1) is 15.2. The van der Waals surface area contributed by atoms with E-state index in [4.69, 9.17) is 4.99 Å². The first-order valence-electron chi connectivity index (χ1n) is 7.71. The van der Waals surface area contributed by atoms with Crippen LogP contribution in [0.1, 0.15) is 66.7 Å². The summed E-state index contributed by atoms with van der Waals surface area (Å²) >= 11 is 1.97. The van der Waals surface area contributed by atoms with E-state index in [9.17, 15) is 0 Å². The molecule has 0 bridgehead atoms. The lowest BCUT2D eigenvalue weighted by Gasteiger charge is -2.35. The third-order valence-corrected chi connectivity index (χ3v) is 5.34. The third-order valence-electron chi connectivity index (χ3n) is 4.22. The summed E-state index contributed by atoms with van der Waals surface area (Å²) < 4.78 is 0. The Bertz CT molecular complexity index is 331. The van der Waals surface area contributed by atoms with Crippen molar-refractivity contribution in [3.8, 4) is 0 Å². The fraction of sp³-hybridized carbons (Fsp3) is 0.938. The van der Waals surface area contributed by atoms with Gasteiger partial charge in [-0.2, -0.15) is 0 Å². The fourth-order valence-electron chi connectivity index (χ4n) is 3.00. The highest BCUT2D eigenvalue weighted by molar-refractivity contribution is 8.14. The molecule has 0 aromatic heterocycles. The highest BCUT2D eigenvalue weighted by Gasteiger charge is 2.29. The Labute approximate surface area is 123 Å². The van der Waals surface area contributed by atoms with E-state index in [-0.39, 0.29) is 0 Å². The van der Waals surface area contributed by atoms with Gasteiger partial charge in [-0.05, 0) is 42.9 Å². The normalized spacial score (nSPS) is 28.3. The Hall–Kier alpha value is -0.180. The molecule has 1 atom stereocenters. The van der Waals surface area contributed by atoms with Crippen LogP contribution in [-0.4, -0.2) is 23.0 Å². The Morgan fingerprint density at radius 1 is 1.26 bits per heavy atom. The van der Waals surface area contributed by atoms with Crippen LogP contribution in [0.3, 0.4) is 0 Å². The zero-order valence-electron chi connectivity index (χ0n) is 13.3. The third kappa shape index (κ3) is 5.02. The van der Waals surface area contributed by atoms with Gasteiger partial charge in [0.25, 0.3) is 0 Å². The monoisotopic (exact) mass is 282 g/mol. The van der Waals surface area contributed by atoms with Crippen molar-refractivity contribution in [2.45, 2.75) is 78.0 Å². The molecule has 1 unspecified atom stereocenters. The number of aliphatic imine (C=N–C) groups is 1. The standard InChI is InChI=1S/C16H30N2S/c1-15(2,3)10-13-11-17-14(19-13)18-12-6-8-16(4,5)9-7-12/h12-13H,6-11H2,1-5H3,(H,17,18). The van der Waals surface area contributed by atoms with Crippen molar-refractivity contribution in [3.63, 3.8) is 0 Å². The molecule has 3 heteroatoms. The van der Waals surface area contributed by atoms with Crippen molar-refractivity contribution in [3.05, 3.63) is 0 Å². The maximum atomic E-state index is 4.70. The molecule has 0 aromatic rings. The molecule has 110 valence electrons. The predicted molar refractivity (Wildman–Crippen MR) is 86.9 cm³/mol. The minimum Gasteiger partial charge on any atom is -0.362 e. The van der Waals surface area contributed by atoms with E-state index in [1.54, 1.807) is 0 Å². The number of thioether (sulfide) groups is 1. The van der Waals surface area contributed by atoms with E-state index in [1.807, 2.05) is 11.8 Å². The van der Waals surface area contributed by atoms with Gasteiger partial charge in [-0.15, -0.1) is 0 Å². The van der Waals surface area contributed by atoms with Crippen LogP contribution in [0, 0.1) is 10.8 Å². The van der Waals surface area contributed by atoms with Gasteiger partial charge in [0.2, 0.25) is 0 Å². The summed E-state index contributed by atoms with van der Waals surface area (Å²) in [7, 11) is 0. The molecule has 0 spiro atoms. The molecule has 1 saturated carbocycles. The molecule has 19 heavy (non-hydrogen) atoms. The second-order valence-corrected chi connectivity index (χ2v) is 9.52. The Balaban J connectivity index is 1.74. The molecule has 2 rings (SSSR count). The highest BCUT2D eigenvalue weighted by atomic mass is 32.2. The predicted octanol–water partition coefficient (Wildman–Crippen LogP) is 4.45. The topological polar surface area (TPSA) is 24.4 Å². The van der Waals surface area contributed by atoms with Crippen LogP contribution in [0.4, 0.5) is 0 Å². The van der Waals surface area contributed by atoms with Crippen LogP contribution in [-0.2, 0) is 0 Å². The number of hydrogen-bond donors (Lipinski definition) is 1. The SMILES string of the molecule is CC(C)(C)CC1CN=C(NC2CCC(C)(C)CC2)S1. The molecule has 0 radical (unpaired) electrons. The van der Waals surface area contributed by atoms with Crippen LogP contribution in [0.2, 0.25) is 0 Å². The van der Waals surface area contributed by atoms with Crippen LogP contribution in [0.5, 0.6) is 0 Å². The zero-order chi connectivity index (χ0) is 14.1. The Morgan fingerprint density at radius 3 is 2.47 bits per heavy atom. The van der Waals surface area contributed by atoms with Crippen LogP contribution < -0.4 is 5.32 Å². The van der Waals surface area contributed by atoms with Crippen molar-refractivity contribution in [2.75, 3.05) is 6.54 Å². The number of amidine groups is 1. The summed E-state index contributed by atoms with van der Waals surface area (Å²) in [6.07, 6.45) is 6.54. The largest absolute Gasteiger partial charge is 0.362 e. The van der Waals surface area contributed by atoms with E-state index in [1.165, 1.54) is 37.3 Å². The lowest BCUT2D eigenvalue weighted by Crippen LogP contribution is -2.37. The molecule has 0 amide bonds. The van der Waals surface area contributed by atoms with Gasteiger partial charge in [-0.3, -0.25) is 4.99 Å². The quantitative estimate of drug-likeness (QED) is 0.809. The molecule has 1 aliphatic heterocycles. The number of hydrogen-bond acceptors (Lipinski definition) is 3. The Kier molecular flexibility index (Phi) is 4.54. The molecule has 2 aliphatic rings. The van der Waals surface area contributed by atoms with Gasteiger partial charge in [-0.1, -0.05) is 46.4 Å². The van der Waals surface area contributed by atoms with Crippen molar-refractivity contribution in [2.24, 2.45) is 15.8 Å². The number of nitrogens with zero attached hydrogens (tertiary/aromatic N) is 1.